The van der Waals surface area contributed by atoms with Gasteiger partial charge in [-0.2, -0.15) is 13.2 Å². The highest BCUT2D eigenvalue weighted by Gasteiger charge is 2.35. The molecule has 0 radical (unpaired) electrons. The number of rotatable bonds is 5. The minimum atomic E-state index is -4.50. The molecule has 0 saturated carbocycles. The molecule has 0 unspecified atom stereocenters. The van der Waals surface area contributed by atoms with Gasteiger partial charge in [0.2, 0.25) is 0 Å². The molecule has 0 fully saturated rings. The van der Waals surface area contributed by atoms with Crippen molar-refractivity contribution in [3.05, 3.63) is 58.2 Å². The third-order valence-electron chi connectivity index (χ3n) is 4.99. The Hall–Kier alpha value is -2.34. The largest absolute Gasteiger partial charge is 0.490 e. The molecule has 3 nitrogen and oxygen atoms in total. The molecule has 7 heteroatoms. The molecule has 0 amide bonds. The second-order valence-electron chi connectivity index (χ2n) is 7.48. The predicted octanol–water partition coefficient (Wildman–Crippen LogP) is 6.63. The molecule has 1 aliphatic rings. The average Bonchev–Trinajstić information content (AvgIpc) is 3.23. The van der Waals surface area contributed by atoms with Crippen LogP contribution >= 0.6 is 11.6 Å². The van der Waals surface area contributed by atoms with Crippen molar-refractivity contribution in [1.82, 2.24) is 4.57 Å². The summed E-state index contributed by atoms with van der Waals surface area (Å²) in [5, 5.41) is 1.65. The van der Waals surface area contributed by atoms with Crippen molar-refractivity contribution in [1.29, 1.82) is 0 Å². The van der Waals surface area contributed by atoms with Crippen molar-refractivity contribution in [2.45, 2.75) is 52.1 Å². The summed E-state index contributed by atoms with van der Waals surface area (Å²) in [6.45, 7) is 4.35. The Morgan fingerprint density at radius 2 is 1.93 bits per heavy atom. The summed E-state index contributed by atoms with van der Waals surface area (Å²) in [6, 6.07) is 9.64. The third kappa shape index (κ3) is 3.90. The SMILES string of the molecule is CC(C)Oc1ccc(COc2ccc3c(c2)c(Cl)c2n3CCC2)cc1C(F)(F)F. The summed E-state index contributed by atoms with van der Waals surface area (Å²) in [5.41, 5.74) is 1.81. The van der Waals surface area contributed by atoms with Gasteiger partial charge < -0.3 is 14.0 Å². The number of ether oxygens (including phenoxy) is 2. The molecule has 1 aliphatic heterocycles. The number of alkyl halides is 3. The second-order valence-corrected chi connectivity index (χ2v) is 7.86. The first kappa shape index (κ1) is 20.0. The van der Waals surface area contributed by atoms with Gasteiger partial charge in [-0.15, -0.1) is 0 Å². The molecule has 0 aliphatic carbocycles. The lowest BCUT2D eigenvalue weighted by Crippen LogP contribution is -2.13. The van der Waals surface area contributed by atoms with E-state index in [2.05, 4.69) is 4.57 Å². The van der Waals surface area contributed by atoms with Crippen LogP contribution in [0.2, 0.25) is 5.02 Å². The molecule has 0 saturated heterocycles. The van der Waals surface area contributed by atoms with E-state index in [1.54, 1.807) is 19.9 Å². The molecule has 1 aromatic heterocycles. The number of fused-ring (bicyclic) bond motifs is 3. The monoisotopic (exact) mass is 423 g/mol. The van der Waals surface area contributed by atoms with Gasteiger partial charge in [0.25, 0.3) is 0 Å². The summed E-state index contributed by atoms with van der Waals surface area (Å²) in [6.07, 6.45) is -2.81. The van der Waals surface area contributed by atoms with Gasteiger partial charge in [-0.3, -0.25) is 0 Å². The summed E-state index contributed by atoms with van der Waals surface area (Å²) >= 11 is 6.51. The van der Waals surface area contributed by atoms with E-state index in [4.69, 9.17) is 21.1 Å². The van der Waals surface area contributed by atoms with E-state index in [1.807, 2.05) is 18.2 Å². The summed E-state index contributed by atoms with van der Waals surface area (Å²) in [4.78, 5) is 0. The lowest BCUT2D eigenvalue weighted by atomic mass is 10.1. The van der Waals surface area contributed by atoms with Crippen molar-refractivity contribution >= 4 is 22.5 Å². The highest BCUT2D eigenvalue weighted by molar-refractivity contribution is 6.36. The number of benzene rings is 2. The van der Waals surface area contributed by atoms with Gasteiger partial charge in [0.05, 0.1) is 22.2 Å². The topological polar surface area (TPSA) is 23.4 Å². The fourth-order valence-electron chi connectivity index (χ4n) is 3.75. The van der Waals surface area contributed by atoms with Gasteiger partial charge in [-0.1, -0.05) is 17.7 Å². The zero-order valence-corrected chi connectivity index (χ0v) is 16.9. The van der Waals surface area contributed by atoms with Crippen molar-refractivity contribution < 1.29 is 22.6 Å². The van der Waals surface area contributed by atoms with Gasteiger partial charge in [0.15, 0.2) is 0 Å². The molecule has 154 valence electrons. The predicted molar refractivity (Wildman–Crippen MR) is 107 cm³/mol. The van der Waals surface area contributed by atoms with Crippen molar-refractivity contribution in [2.75, 3.05) is 0 Å². The molecule has 0 bridgehead atoms. The van der Waals surface area contributed by atoms with E-state index >= 15 is 0 Å². The number of hydrogen-bond acceptors (Lipinski definition) is 2. The molecule has 2 heterocycles. The molecular weight excluding hydrogens is 403 g/mol. The first-order chi connectivity index (χ1) is 13.7. The Morgan fingerprint density at radius 1 is 1.14 bits per heavy atom. The van der Waals surface area contributed by atoms with Crippen molar-refractivity contribution in [3.63, 3.8) is 0 Å². The molecule has 0 atom stereocenters. The molecule has 0 spiro atoms. The molecule has 4 rings (SSSR count). The quantitative estimate of drug-likeness (QED) is 0.460. The van der Waals surface area contributed by atoms with Crippen molar-refractivity contribution in [3.8, 4) is 11.5 Å². The van der Waals surface area contributed by atoms with Crippen LogP contribution in [-0.4, -0.2) is 10.7 Å². The number of halogens is 4. The highest BCUT2D eigenvalue weighted by atomic mass is 35.5. The lowest BCUT2D eigenvalue weighted by molar-refractivity contribution is -0.139. The fraction of sp³-hybridized carbons (Fsp3) is 0.364. The Morgan fingerprint density at radius 3 is 2.66 bits per heavy atom. The Balaban J connectivity index is 1.56. The first-order valence-electron chi connectivity index (χ1n) is 9.54. The van der Waals surface area contributed by atoms with Gasteiger partial charge in [0.1, 0.15) is 18.1 Å². The molecule has 3 aromatic rings. The maximum absolute atomic E-state index is 13.4. The molecule has 2 aromatic carbocycles. The van der Waals surface area contributed by atoms with Crippen LogP contribution in [0.5, 0.6) is 11.5 Å². The Kier molecular flexibility index (Phi) is 5.15. The highest BCUT2D eigenvalue weighted by Crippen LogP contribution is 2.39. The summed E-state index contributed by atoms with van der Waals surface area (Å²) in [5.74, 6) is 0.396. The van der Waals surface area contributed by atoms with Crippen LogP contribution in [0.1, 0.15) is 37.1 Å². The first-order valence-corrected chi connectivity index (χ1v) is 9.92. The van der Waals surface area contributed by atoms with Gasteiger partial charge in [-0.05, 0) is 62.6 Å². The Labute approximate surface area is 172 Å². The van der Waals surface area contributed by atoms with Gasteiger partial charge in [0, 0.05) is 17.6 Å². The smallest absolute Gasteiger partial charge is 0.419 e. The van der Waals surface area contributed by atoms with Crippen LogP contribution in [0.4, 0.5) is 13.2 Å². The number of hydrogen-bond donors (Lipinski definition) is 0. The van der Waals surface area contributed by atoms with E-state index in [-0.39, 0.29) is 18.5 Å². The fourth-order valence-corrected chi connectivity index (χ4v) is 4.10. The Bertz CT molecular complexity index is 1060. The van der Waals surface area contributed by atoms with Crippen LogP contribution in [0.15, 0.2) is 36.4 Å². The zero-order valence-electron chi connectivity index (χ0n) is 16.1. The number of aromatic nitrogens is 1. The third-order valence-corrected chi connectivity index (χ3v) is 5.41. The minimum Gasteiger partial charge on any atom is -0.490 e. The summed E-state index contributed by atoms with van der Waals surface area (Å²) < 4.78 is 53.5. The van der Waals surface area contributed by atoms with E-state index in [9.17, 15) is 13.2 Å². The van der Waals surface area contributed by atoms with Crippen LogP contribution in [0.25, 0.3) is 10.9 Å². The van der Waals surface area contributed by atoms with Crippen LogP contribution < -0.4 is 9.47 Å². The maximum Gasteiger partial charge on any atom is 0.419 e. The number of aryl methyl sites for hydroxylation is 1. The minimum absolute atomic E-state index is 0.0156. The van der Waals surface area contributed by atoms with E-state index in [1.165, 1.54) is 6.07 Å². The lowest BCUT2D eigenvalue weighted by Gasteiger charge is -2.17. The molecule has 0 N–H and O–H groups in total. The number of nitrogens with zero attached hydrogens (tertiary/aromatic N) is 1. The second kappa shape index (κ2) is 7.48. The van der Waals surface area contributed by atoms with Crippen LogP contribution in [-0.2, 0) is 25.7 Å². The van der Waals surface area contributed by atoms with Crippen LogP contribution in [0.3, 0.4) is 0 Å². The summed E-state index contributed by atoms with van der Waals surface area (Å²) in [7, 11) is 0. The zero-order chi connectivity index (χ0) is 20.8. The standard InChI is InChI=1S/C22H21ClF3NO2/c1-13(2)29-20-8-5-14(10-17(20)22(24,25)26)12-28-15-6-7-18-16(11-15)21(23)19-4-3-9-27(18)19/h5-8,10-11,13H,3-4,9,12H2,1-2H3. The average molecular weight is 424 g/mol. The van der Waals surface area contributed by atoms with Gasteiger partial charge >= 0.3 is 6.18 Å². The van der Waals surface area contributed by atoms with E-state index in [0.29, 0.717) is 11.3 Å². The van der Waals surface area contributed by atoms with E-state index in [0.717, 1.165) is 47.1 Å². The molecular formula is C22H21ClF3NO2. The van der Waals surface area contributed by atoms with Crippen LogP contribution in [0, 0.1) is 0 Å². The van der Waals surface area contributed by atoms with E-state index < -0.39 is 11.7 Å². The normalized spacial score (nSPS) is 13.9. The van der Waals surface area contributed by atoms with Gasteiger partial charge in [-0.25, -0.2) is 0 Å². The van der Waals surface area contributed by atoms with Crippen molar-refractivity contribution in [2.24, 2.45) is 0 Å². The maximum atomic E-state index is 13.4. The molecule has 29 heavy (non-hydrogen) atoms.